The molecule has 1 aliphatic rings. The van der Waals surface area contributed by atoms with Crippen LogP contribution in [0.15, 0.2) is 46.9 Å². The first-order chi connectivity index (χ1) is 11.5. The van der Waals surface area contributed by atoms with Gasteiger partial charge in [0.05, 0.1) is 11.1 Å². The Morgan fingerprint density at radius 2 is 2.12 bits per heavy atom. The van der Waals surface area contributed by atoms with Gasteiger partial charge in [-0.1, -0.05) is 51.8 Å². The lowest BCUT2D eigenvalue weighted by Gasteiger charge is -2.27. The summed E-state index contributed by atoms with van der Waals surface area (Å²) in [5, 5.41) is 3.59. The monoisotopic (exact) mass is 407 g/mol. The fourth-order valence-corrected chi connectivity index (χ4v) is 3.73. The predicted octanol–water partition coefficient (Wildman–Crippen LogP) is 5.06. The van der Waals surface area contributed by atoms with Gasteiger partial charge in [0.2, 0.25) is 0 Å². The second kappa shape index (κ2) is 7.58. The van der Waals surface area contributed by atoms with Crippen molar-refractivity contribution < 1.29 is 9.53 Å². The van der Waals surface area contributed by atoms with Crippen LogP contribution in [-0.2, 0) is 11.2 Å². The molecule has 3 rings (SSSR count). The lowest BCUT2D eigenvalue weighted by Crippen LogP contribution is -2.39. The normalized spacial score (nSPS) is 17.7. The van der Waals surface area contributed by atoms with Crippen LogP contribution < -0.4 is 10.1 Å². The Morgan fingerprint density at radius 1 is 1.33 bits per heavy atom. The third-order valence-electron chi connectivity index (χ3n) is 4.25. The van der Waals surface area contributed by atoms with Crippen LogP contribution >= 0.6 is 27.5 Å². The van der Waals surface area contributed by atoms with E-state index in [0.717, 1.165) is 23.7 Å². The van der Waals surface area contributed by atoms with Crippen molar-refractivity contribution in [2.75, 3.05) is 0 Å². The summed E-state index contributed by atoms with van der Waals surface area (Å²) >= 11 is 9.50. The number of aryl methyl sites for hydroxylation is 1. The molecule has 1 aliphatic carbocycles. The molecule has 5 heteroatoms. The zero-order valence-corrected chi connectivity index (χ0v) is 15.7. The molecule has 2 atom stereocenters. The fourth-order valence-electron chi connectivity index (χ4n) is 3.01. The number of rotatable bonds is 4. The molecule has 0 radical (unpaired) electrons. The number of ether oxygens (including phenoxy) is 1. The summed E-state index contributed by atoms with van der Waals surface area (Å²) in [6.07, 6.45) is 2.49. The molecule has 0 heterocycles. The van der Waals surface area contributed by atoms with E-state index in [1.165, 1.54) is 11.1 Å². The zero-order chi connectivity index (χ0) is 17.1. The van der Waals surface area contributed by atoms with Gasteiger partial charge in [-0.15, -0.1) is 0 Å². The van der Waals surface area contributed by atoms with Gasteiger partial charge in [0, 0.05) is 4.47 Å². The second-order valence-corrected chi connectivity index (χ2v) is 7.31. The molecule has 1 amide bonds. The van der Waals surface area contributed by atoms with Gasteiger partial charge < -0.3 is 10.1 Å². The lowest BCUT2D eigenvalue weighted by atomic mass is 9.87. The van der Waals surface area contributed by atoms with Crippen molar-refractivity contribution in [1.29, 1.82) is 0 Å². The predicted molar refractivity (Wildman–Crippen MR) is 99.5 cm³/mol. The van der Waals surface area contributed by atoms with Crippen LogP contribution in [0.25, 0.3) is 0 Å². The van der Waals surface area contributed by atoms with Crippen molar-refractivity contribution in [2.24, 2.45) is 0 Å². The summed E-state index contributed by atoms with van der Waals surface area (Å²) in [4.78, 5) is 12.5. The van der Waals surface area contributed by atoms with E-state index in [2.05, 4.69) is 33.4 Å². The highest BCUT2D eigenvalue weighted by Gasteiger charge is 2.24. The number of halogens is 2. The van der Waals surface area contributed by atoms with Crippen molar-refractivity contribution in [3.63, 3.8) is 0 Å². The summed E-state index contributed by atoms with van der Waals surface area (Å²) in [6, 6.07) is 13.7. The molecule has 0 bridgehead atoms. The largest absolute Gasteiger partial charge is 0.479 e. The molecular formula is C19H19BrClNO2. The Balaban J connectivity index is 1.67. The maximum absolute atomic E-state index is 12.5. The topological polar surface area (TPSA) is 38.3 Å². The van der Waals surface area contributed by atoms with Crippen LogP contribution in [0.2, 0.25) is 5.02 Å². The van der Waals surface area contributed by atoms with Gasteiger partial charge in [0.1, 0.15) is 5.75 Å². The lowest BCUT2D eigenvalue weighted by molar-refractivity contribution is -0.128. The number of amides is 1. The molecule has 1 N–H and O–H groups in total. The number of carbonyl (C=O) groups excluding carboxylic acids is 1. The number of hydrogen-bond acceptors (Lipinski definition) is 2. The second-order valence-electron chi connectivity index (χ2n) is 5.99. The van der Waals surface area contributed by atoms with E-state index in [1.54, 1.807) is 19.1 Å². The number of fused-ring (bicyclic) bond motifs is 1. The number of benzene rings is 2. The van der Waals surface area contributed by atoms with Crippen LogP contribution in [0, 0.1) is 0 Å². The van der Waals surface area contributed by atoms with Crippen LogP contribution in [0.5, 0.6) is 5.75 Å². The molecule has 0 saturated heterocycles. The maximum Gasteiger partial charge on any atom is 0.261 e. The van der Waals surface area contributed by atoms with E-state index in [9.17, 15) is 4.79 Å². The van der Waals surface area contributed by atoms with Crippen LogP contribution in [0.4, 0.5) is 0 Å². The molecule has 0 aromatic heterocycles. The third kappa shape index (κ3) is 3.93. The summed E-state index contributed by atoms with van der Waals surface area (Å²) < 4.78 is 6.60. The van der Waals surface area contributed by atoms with Gasteiger partial charge in [-0.2, -0.15) is 0 Å². The van der Waals surface area contributed by atoms with Gasteiger partial charge in [-0.25, -0.2) is 0 Å². The molecule has 24 heavy (non-hydrogen) atoms. The Bertz CT molecular complexity index is 750. The van der Waals surface area contributed by atoms with E-state index in [0.29, 0.717) is 10.8 Å². The summed E-state index contributed by atoms with van der Waals surface area (Å²) in [5.74, 6) is 0.377. The van der Waals surface area contributed by atoms with Gasteiger partial charge >= 0.3 is 0 Å². The van der Waals surface area contributed by atoms with Gasteiger partial charge in [0.15, 0.2) is 6.10 Å². The Kier molecular flexibility index (Phi) is 5.47. The van der Waals surface area contributed by atoms with Crippen molar-refractivity contribution in [3.8, 4) is 5.75 Å². The highest BCUT2D eigenvalue weighted by Crippen LogP contribution is 2.31. The summed E-state index contributed by atoms with van der Waals surface area (Å²) in [5.41, 5.74) is 2.53. The highest BCUT2D eigenvalue weighted by atomic mass is 79.9. The van der Waals surface area contributed by atoms with E-state index in [1.807, 2.05) is 18.2 Å². The van der Waals surface area contributed by atoms with Gasteiger partial charge in [0.25, 0.3) is 5.91 Å². The van der Waals surface area contributed by atoms with Gasteiger partial charge in [-0.3, -0.25) is 4.79 Å². The van der Waals surface area contributed by atoms with E-state index in [-0.39, 0.29) is 11.9 Å². The first-order valence-electron chi connectivity index (χ1n) is 8.04. The molecule has 0 unspecified atom stereocenters. The highest BCUT2D eigenvalue weighted by molar-refractivity contribution is 9.10. The van der Waals surface area contributed by atoms with Crippen molar-refractivity contribution in [1.82, 2.24) is 5.32 Å². The van der Waals surface area contributed by atoms with Crippen molar-refractivity contribution in [3.05, 3.63) is 63.1 Å². The molecular weight excluding hydrogens is 390 g/mol. The molecule has 0 spiro atoms. The third-order valence-corrected chi connectivity index (χ3v) is 5.04. The Morgan fingerprint density at radius 3 is 2.92 bits per heavy atom. The molecule has 126 valence electrons. The minimum absolute atomic E-state index is 0.0499. The summed E-state index contributed by atoms with van der Waals surface area (Å²) in [6.45, 7) is 1.74. The minimum atomic E-state index is -0.613. The quantitative estimate of drug-likeness (QED) is 0.767. The molecule has 0 saturated carbocycles. The first-order valence-corrected chi connectivity index (χ1v) is 9.21. The van der Waals surface area contributed by atoms with Gasteiger partial charge in [-0.05, 0) is 55.5 Å². The van der Waals surface area contributed by atoms with E-state index < -0.39 is 6.10 Å². The number of nitrogens with one attached hydrogen (secondary N) is 1. The number of hydrogen-bond donors (Lipinski definition) is 1. The smallest absolute Gasteiger partial charge is 0.261 e. The number of carbonyl (C=O) groups is 1. The first kappa shape index (κ1) is 17.3. The van der Waals surface area contributed by atoms with E-state index in [4.69, 9.17) is 16.3 Å². The molecule has 0 aliphatic heterocycles. The van der Waals surface area contributed by atoms with Crippen LogP contribution in [0.1, 0.15) is 36.9 Å². The van der Waals surface area contributed by atoms with E-state index >= 15 is 0 Å². The Hall–Kier alpha value is -1.52. The standard InChI is InChI=1S/C19H19BrClNO2/c1-12(24-18-10-9-14(20)11-16(18)21)19(23)22-17-8-4-6-13-5-2-3-7-15(13)17/h2-3,5,7,9-12,17H,4,6,8H2,1H3,(H,22,23)/t12-,17+/m1/s1. The molecule has 2 aromatic rings. The summed E-state index contributed by atoms with van der Waals surface area (Å²) in [7, 11) is 0. The zero-order valence-electron chi connectivity index (χ0n) is 13.4. The SMILES string of the molecule is C[C@@H](Oc1ccc(Br)cc1Cl)C(=O)N[C@H]1CCCc2ccccc21. The van der Waals surface area contributed by atoms with Crippen molar-refractivity contribution >= 4 is 33.4 Å². The minimum Gasteiger partial charge on any atom is -0.479 e. The Labute approximate surface area is 155 Å². The van der Waals surface area contributed by atoms with Crippen LogP contribution in [0.3, 0.4) is 0 Å². The van der Waals surface area contributed by atoms with Crippen LogP contribution in [-0.4, -0.2) is 12.0 Å². The van der Waals surface area contributed by atoms with Crippen molar-refractivity contribution in [2.45, 2.75) is 38.3 Å². The maximum atomic E-state index is 12.5. The molecule has 2 aromatic carbocycles. The average Bonchev–Trinajstić information content (AvgIpc) is 2.57. The molecule has 3 nitrogen and oxygen atoms in total. The average molecular weight is 409 g/mol. The molecule has 0 fully saturated rings. The fraction of sp³-hybridized carbons (Fsp3) is 0.316.